The first kappa shape index (κ1) is 13.1. The number of Topliss-reactive ketones (excluding diaryl/α,β-unsaturated/α-hetero) is 1. The molecule has 1 aromatic rings. The molecule has 1 heterocycles. The van der Waals surface area contributed by atoms with Gasteiger partial charge in [-0.15, -0.1) is 0 Å². The van der Waals surface area contributed by atoms with Gasteiger partial charge in [0.25, 0.3) is 0 Å². The molecular weight excluding hydrogens is 238 g/mol. The maximum atomic E-state index is 13.8. The molecule has 0 bridgehead atoms. The molecule has 2 nitrogen and oxygen atoms in total. The van der Waals surface area contributed by atoms with Gasteiger partial charge in [-0.3, -0.25) is 4.79 Å². The molecule has 98 valence electrons. The minimum Gasteiger partial charge on any atom is -0.378 e. The molecule has 1 fully saturated rings. The van der Waals surface area contributed by atoms with Crippen LogP contribution >= 0.6 is 0 Å². The summed E-state index contributed by atoms with van der Waals surface area (Å²) in [6, 6.07) is 2.46. The highest BCUT2D eigenvalue weighted by atomic mass is 19.1. The second-order valence-corrected chi connectivity index (χ2v) is 4.67. The predicted molar refractivity (Wildman–Crippen MR) is 63.6 cm³/mol. The monoisotopic (exact) mass is 254 g/mol. The summed E-state index contributed by atoms with van der Waals surface area (Å²) in [6.45, 7) is 2.14. The molecule has 0 N–H and O–H groups in total. The summed E-state index contributed by atoms with van der Waals surface area (Å²) in [6.07, 6.45) is 2.61. The lowest BCUT2D eigenvalue weighted by Crippen LogP contribution is -2.23. The van der Waals surface area contributed by atoms with Gasteiger partial charge in [0.05, 0.1) is 11.7 Å². The Morgan fingerprint density at radius 3 is 2.83 bits per heavy atom. The van der Waals surface area contributed by atoms with Gasteiger partial charge >= 0.3 is 0 Å². The first-order valence-corrected chi connectivity index (χ1v) is 6.19. The molecule has 0 radical (unpaired) electrons. The van der Waals surface area contributed by atoms with E-state index in [1.165, 1.54) is 13.0 Å². The first-order chi connectivity index (χ1) is 8.59. The summed E-state index contributed by atoms with van der Waals surface area (Å²) in [5.74, 6) is -2.06. The second-order valence-electron chi connectivity index (χ2n) is 4.67. The van der Waals surface area contributed by atoms with Gasteiger partial charge < -0.3 is 4.74 Å². The van der Waals surface area contributed by atoms with Crippen LogP contribution in [-0.2, 0) is 4.74 Å². The highest BCUT2D eigenvalue weighted by Crippen LogP contribution is 2.22. The largest absolute Gasteiger partial charge is 0.378 e. The van der Waals surface area contributed by atoms with Crippen molar-refractivity contribution in [2.75, 3.05) is 6.61 Å². The number of carbonyl (C=O) groups excluding carboxylic acids is 1. The lowest BCUT2D eigenvalue weighted by Gasteiger charge is -2.22. The predicted octanol–water partition coefficient (Wildman–Crippen LogP) is 3.42. The summed E-state index contributed by atoms with van der Waals surface area (Å²) in [5, 5.41) is 0. The van der Waals surface area contributed by atoms with Gasteiger partial charge in [-0.05, 0) is 37.8 Å². The fourth-order valence-corrected chi connectivity index (χ4v) is 2.19. The van der Waals surface area contributed by atoms with E-state index in [4.69, 9.17) is 4.74 Å². The van der Waals surface area contributed by atoms with E-state index in [9.17, 15) is 13.6 Å². The number of hydrogen-bond acceptors (Lipinski definition) is 2. The maximum Gasteiger partial charge on any atom is 0.171 e. The summed E-state index contributed by atoms with van der Waals surface area (Å²) >= 11 is 0. The van der Waals surface area contributed by atoms with Gasteiger partial charge in [0, 0.05) is 13.0 Å². The molecule has 1 unspecified atom stereocenters. The molecule has 0 saturated carbocycles. The van der Waals surface area contributed by atoms with Crippen molar-refractivity contribution in [2.24, 2.45) is 0 Å². The van der Waals surface area contributed by atoms with Crippen LogP contribution < -0.4 is 0 Å². The zero-order chi connectivity index (χ0) is 13.1. The van der Waals surface area contributed by atoms with Gasteiger partial charge in [-0.25, -0.2) is 8.78 Å². The van der Waals surface area contributed by atoms with Crippen LogP contribution in [-0.4, -0.2) is 18.5 Å². The zero-order valence-electron chi connectivity index (χ0n) is 10.3. The third kappa shape index (κ3) is 2.75. The van der Waals surface area contributed by atoms with E-state index in [0.29, 0.717) is 6.61 Å². The van der Waals surface area contributed by atoms with E-state index in [2.05, 4.69) is 0 Å². The van der Waals surface area contributed by atoms with E-state index < -0.39 is 23.0 Å². The SMILES string of the molecule is Cc1ccc(F)c(C(=O)CC2CCCCO2)c1F. The Morgan fingerprint density at radius 2 is 2.17 bits per heavy atom. The van der Waals surface area contributed by atoms with Crippen molar-refractivity contribution in [2.45, 2.75) is 38.7 Å². The van der Waals surface area contributed by atoms with Crippen LogP contribution in [0.3, 0.4) is 0 Å². The van der Waals surface area contributed by atoms with Crippen LogP contribution in [0.5, 0.6) is 0 Å². The Hall–Kier alpha value is -1.29. The number of ether oxygens (including phenoxy) is 1. The van der Waals surface area contributed by atoms with Gasteiger partial charge in [0.15, 0.2) is 5.78 Å². The van der Waals surface area contributed by atoms with Gasteiger partial charge in [0.1, 0.15) is 11.6 Å². The number of ketones is 1. The lowest BCUT2D eigenvalue weighted by molar-refractivity contribution is 0.0127. The molecule has 4 heteroatoms. The fraction of sp³-hybridized carbons (Fsp3) is 0.500. The minimum atomic E-state index is -0.793. The van der Waals surface area contributed by atoms with E-state index in [1.54, 1.807) is 0 Å². The molecular formula is C14H16F2O2. The third-order valence-electron chi connectivity index (χ3n) is 3.25. The van der Waals surface area contributed by atoms with Crippen molar-refractivity contribution in [1.29, 1.82) is 0 Å². The standard InChI is InChI=1S/C14H16F2O2/c1-9-5-6-11(15)13(14(9)16)12(17)8-10-4-2-3-7-18-10/h5-6,10H,2-4,7-8H2,1H3. The van der Waals surface area contributed by atoms with Crippen molar-refractivity contribution in [1.82, 2.24) is 0 Å². The minimum absolute atomic E-state index is 0.0529. The molecule has 0 spiro atoms. The summed E-state index contributed by atoms with van der Waals surface area (Å²) in [7, 11) is 0. The quantitative estimate of drug-likeness (QED) is 0.773. The smallest absolute Gasteiger partial charge is 0.171 e. The molecule has 18 heavy (non-hydrogen) atoms. The van der Waals surface area contributed by atoms with Crippen molar-refractivity contribution in [3.05, 3.63) is 34.9 Å². The molecule has 0 aromatic heterocycles. The van der Waals surface area contributed by atoms with E-state index in [0.717, 1.165) is 25.3 Å². The lowest BCUT2D eigenvalue weighted by atomic mass is 9.98. The normalized spacial score (nSPS) is 19.8. The highest BCUT2D eigenvalue weighted by molar-refractivity contribution is 5.97. The third-order valence-corrected chi connectivity index (χ3v) is 3.25. The molecule has 1 aromatic carbocycles. The topological polar surface area (TPSA) is 26.3 Å². The number of rotatable bonds is 3. The first-order valence-electron chi connectivity index (χ1n) is 6.19. The van der Waals surface area contributed by atoms with E-state index in [1.807, 2.05) is 0 Å². The van der Waals surface area contributed by atoms with Crippen molar-refractivity contribution < 1.29 is 18.3 Å². The molecule has 1 saturated heterocycles. The van der Waals surface area contributed by atoms with Crippen LogP contribution in [0, 0.1) is 18.6 Å². The Kier molecular flexibility index (Phi) is 4.07. The van der Waals surface area contributed by atoms with E-state index >= 15 is 0 Å². The van der Waals surface area contributed by atoms with Gasteiger partial charge in [-0.1, -0.05) is 6.07 Å². The second kappa shape index (κ2) is 5.57. The van der Waals surface area contributed by atoms with Crippen molar-refractivity contribution in [3.8, 4) is 0 Å². The Morgan fingerprint density at radius 1 is 1.39 bits per heavy atom. The molecule has 1 atom stereocenters. The van der Waals surface area contributed by atoms with Crippen LogP contribution in [0.1, 0.15) is 41.6 Å². The average Bonchev–Trinajstić information content (AvgIpc) is 2.36. The number of hydrogen-bond donors (Lipinski definition) is 0. The Balaban J connectivity index is 2.15. The molecule has 0 amide bonds. The molecule has 0 aliphatic carbocycles. The van der Waals surface area contributed by atoms with Crippen molar-refractivity contribution in [3.63, 3.8) is 0 Å². The zero-order valence-corrected chi connectivity index (χ0v) is 10.3. The summed E-state index contributed by atoms with van der Waals surface area (Å²) < 4.78 is 32.7. The van der Waals surface area contributed by atoms with Gasteiger partial charge in [0.2, 0.25) is 0 Å². The van der Waals surface area contributed by atoms with E-state index in [-0.39, 0.29) is 18.1 Å². The van der Waals surface area contributed by atoms with Crippen LogP contribution in [0.15, 0.2) is 12.1 Å². The van der Waals surface area contributed by atoms with Crippen LogP contribution in [0.25, 0.3) is 0 Å². The molecule has 1 aliphatic rings. The molecule has 1 aliphatic heterocycles. The van der Waals surface area contributed by atoms with Crippen LogP contribution in [0.2, 0.25) is 0 Å². The number of aryl methyl sites for hydroxylation is 1. The number of benzene rings is 1. The van der Waals surface area contributed by atoms with Crippen LogP contribution in [0.4, 0.5) is 8.78 Å². The maximum absolute atomic E-state index is 13.8. The highest BCUT2D eigenvalue weighted by Gasteiger charge is 2.23. The summed E-state index contributed by atoms with van der Waals surface area (Å²) in [4.78, 5) is 11.9. The number of halogens is 2. The Bertz CT molecular complexity index is 451. The van der Waals surface area contributed by atoms with Gasteiger partial charge in [-0.2, -0.15) is 0 Å². The average molecular weight is 254 g/mol. The Labute approximate surface area is 105 Å². The molecule has 2 rings (SSSR count). The van der Waals surface area contributed by atoms with Crippen molar-refractivity contribution >= 4 is 5.78 Å². The number of carbonyl (C=O) groups is 1. The summed E-state index contributed by atoms with van der Waals surface area (Å²) in [5.41, 5.74) is -0.145. The fourth-order valence-electron chi connectivity index (χ4n) is 2.19.